The minimum Gasteiger partial charge on any atom is -0.454 e. The summed E-state index contributed by atoms with van der Waals surface area (Å²) in [5.41, 5.74) is 17.1. The Labute approximate surface area is 695 Å². The fraction of sp³-hybridized carbons (Fsp3) is 0.190. The second kappa shape index (κ2) is 38.2. The average molecular weight is 1620 g/mol. The highest BCUT2D eigenvalue weighted by molar-refractivity contribution is 5.95. The molecule has 0 spiro atoms. The molecule has 120 heavy (non-hydrogen) atoms. The number of halogens is 2. The maximum atomic E-state index is 15.5. The summed E-state index contributed by atoms with van der Waals surface area (Å²) in [7, 11) is 0. The van der Waals surface area contributed by atoms with Gasteiger partial charge in [0.1, 0.15) is 29.9 Å². The molecule has 3 atom stereocenters. The summed E-state index contributed by atoms with van der Waals surface area (Å²) in [5, 5.41) is 0. The summed E-state index contributed by atoms with van der Waals surface area (Å²) in [6.07, 6.45) is 3.45. The normalized spacial score (nSPS) is 13.7. The fourth-order valence-corrected chi connectivity index (χ4v) is 13.0. The molecule has 0 amide bonds. The molecule has 9 aromatic carbocycles. The van der Waals surface area contributed by atoms with Crippen LogP contribution >= 0.6 is 0 Å². The molecule has 0 aromatic heterocycles. The first kappa shape index (κ1) is 88.1. The molecule has 3 unspecified atom stereocenters. The van der Waals surface area contributed by atoms with Crippen molar-refractivity contribution in [3.8, 4) is 101 Å². The quantitative estimate of drug-likeness (QED) is 0.0236. The molecule has 0 heterocycles. The van der Waals surface area contributed by atoms with Crippen molar-refractivity contribution in [3.05, 3.63) is 324 Å². The molecule has 0 radical (unpaired) electrons. The van der Waals surface area contributed by atoms with Crippen LogP contribution in [0.4, 0.5) is 8.78 Å². The predicted octanol–water partition coefficient (Wildman–Crippen LogP) is 21.9. The molecule has 0 saturated heterocycles. The Morgan fingerprint density at radius 2 is 0.475 bits per heavy atom. The van der Waals surface area contributed by atoms with Gasteiger partial charge in [0.15, 0.2) is 34.5 Å². The van der Waals surface area contributed by atoms with Gasteiger partial charge in [0.05, 0.1) is 0 Å². The maximum absolute atomic E-state index is 15.5. The molecule has 0 N–H and O–H groups in total. The van der Waals surface area contributed by atoms with Gasteiger partial charge in [-0.05, 0) is 269 Å². The summed E-state index contributed by atoms with van der Waals surface area (Å²) >= 11 is 0. The highest BCUT2D eigenvalue weighted by Gasteiger charge is 2.31. The van der Waals surface area contributed by atoms with Crippen molar-refractivity contribution in [2.24, 2.45) is 0 Å². The molecule has 20 heteroatoms. The molecule has 3 aliphatic carbocycles. The van der Waals surface area contributed by atoms with Crippen LogP contribution in [0.25, 0.3) is 66.8 Å². The Bertz CT molecular complexity index is 5630. The first-order chi connectivity index (χ1) is 56.8. The van der Waals surface area contributed by atoms with E-state index in [1.807, 2.05) is 55.5 Å². The van der Waals surface area contributed by atoms with Gasteiger partial charge in [0.25, 0.3) is 0 Å². The van der Waals surface area contributed by atoms with Gasteiger partial charge >= 0.3 is 53.7 Å². The van der Waals surface area contributed by atoms with E-state index in [1.165, 1.54) is 76.6 Å². The molecular weight excluding hydrogens is 1530 g/mol. The molecule has 0 bridgehead atoms. The largest absolute Gasteiger partial charge is 0.454 e. The Kier molecular flexibility index (Phi) is 28.1. The van der Waals surface area contributed by atoms with Gasteiger partial charge in [0, 0.05) is 61.3 Å². The molecule has 0 aliphatic heterocycles. The number of ether oxygens (including phenoxy) is 9. The van der Waals surface area contributed by atoms with E-state index in [4.69, 9.17) is 42.6 Å². The lowest BCUT2D eigenvalue weighted by Crippen LogP contribution is -2.12. The van der Waals surface area contributed by atoms with Gasteiger partial charge in [0.2, 0.25) is 0 Å². The van der Waals surface area contributed by atoms with E-state index in [2.05, 4.69) is 83.5 Å². The summed E-state index contributed by atoms with van der Waals surface area (Å²) in [5.74, 6) is -6.12. The summed E-state index contributed by atoms with van der Waals surface area (Å²) in [6, 6.07) is 47.4. The molecular formula is C100H90F2O18. The van der Waals surface area contributed by atoms with Crippen LogP contribution in [0.1, 0.15) is 139 Å². The SMILES string of the molecule is C=C(C)C(=O)Oc1ccc(-c2ccc(-c3ccc4c(c3)C(OC(=O)C(=C)C)CC4)c(F)c2)cc1OC(=O)C(=C)C.C=C(C)C(=O)Oc1ccc(-c2ccc(-c3ccc4c(c3)C(OC(=O)C(=C)C)CC4)cc2C)cc1OC(=O)C(=C)C.C=C(C)C(=O)Oc1ccc(-c2ccc(-c3ccc4c(c3)C(OC(=O)C(=C)C)CC4)cc2F)cc1OC(=O)C(=C)C. The molecule has 3 aliphatic rings. The van der Waals surface area contributed by atoms with Crippen molar-refractivity contribution in [2.75, 3.05) is 0 Å². The van der Waals surface area contributed by atoms with E-state index in [9.17, 15) is 43.2 Å². The van der Waals surface area contributed by atoms with E-state index in [0.29, 0.717) is 62.9 Å². The van der Waals surface area contributed by atoms with Crippen molar-refractivity contribution in [1.82, 2.24) is 0 Å². The molecule has 0 saturated carbocycles. The number of carbonyl (C=O) groups excluding carboxylic acids is 9. The Morgan fingerprint density at radius 3 is 0.775 bits per heavy atom. The third kappa shape index (κ3) is 21.5. The van der Waals surface area contributed by atoms with Crippen LogP contribution in [0.15, 0.2) is 273 Å². The minimum atomic E-state index is -0.718. The summed E-state index contributed by atoms with van der Waals surface area (Å²) < 4.78 is 80.0. The second-order valence-corrected chi connectivity index (χ2v) is 29.8. The van der Waals surface area contributed by atoms with Crippen LogP contribution in [0, 0.1) is 18.6 Å². The number of benzene rings is 9. The number of hydrogen-bond acceptors (Lipinski definition) is 18. The zero-order valence-electron chi connectivity index (χ0n) is 68.5. The molecule has 12 rings (SSSR count). The topological polar surface area (TPSA) is 237 Å². The Morgan fingerprint density at radius 1 is 0.258 bits per heavy atom. The van der Waals surface area contributed by atoms with Crippen LogP contribution in [0.3, 0.4) is 0 Å². The van der Waals surface area contributed by atoms with Gasteiger partial charge < -0.3 is 42.6 Å². The minimum absolute atomic E-state index is 0.0107. The molecule has 612 valence electrons. The van der Waals surface area contributed by atoms with E-state index in [-0.39, 0.29) is 91.7 Å². The highest BCUT2D eigenvalue weighted by Crippen LogP contribution is 2.45. The third-order valence-electron chi connectivity index (χ3n) is 19.5. The number of aryl methyl sites for hydroxylation is 4. The van der Waals surface area contributed by atoms with Crippen LogP contribution in [-0.2, 0) is 76.6 Å². The lowest BCUT2D eigenvalue weighted by molar-refractivity contribution is -0.145. The number of hydrogen-bond donors (Lipinski definition) is 0. The summed E-state index contributed by atoms with van der Waals surface area (Å²) in [6.45, 7) is 48.3. The van der Waals surface area contributed by atoms with Crippen LogP contribution in [-0.4, -0.2) is 53.7 Å². The van der Waals surface area contributed by atoms with Crippen LogP contribution in [0.5, 0.6) is 34.5 Å². The number of carbonyl (C=O) groups is 9. The van der Waals surface area contributed by atoms with E-state index in [0.717, 1.165) is 86.9 Å². The van der Waals surface area contributed by atoms with Gasteiger partial charge in [-0.2, -0.15) is 0 Å². The van der Waals surface area contributed by atoms with Gasteiger partial charge in [-0.1, -0.05) is 156 Å². The van der Waals surface area contributed by atoms with Crippen molar-refractivity contribution >= 4 is 53.7 Å². The van der Waals surface area contributed by atoms with Gasteiger partial charge in [-0.15, -0.1) is 0 Å². The lowest BCUT2D eigenvalue weighted by Gasteiger charge is -2.16. The maximum Gasteiger partial charge on any atom is 0.338 e. The monoisotopic (exact) mass is 1620 g/mol. The fourth-order valence-electron chi connectivity index (χ4n) is 13.0. The predicted molar refractivity (Wildman–Crippen MR) is 455 cm³/mol. The van der Waals surface area contributed by atoms with Crippen molar-refractivity contribution in [1.29, 1.82) is 0 Å². The van der Waals surface area contributed by atoms with E-state index >= 15 is 8.78 Å². The van der Waals surface area contributed by atoms with Gasteiger partial charge in [-0.3, -0.25) is 0 Å². The summed E-state index contributed by atoms with van der Waals surface area (Å²) in [4.78, 5) is 109. The van der Waals surface area contributed by atoms with Crippen LogP contribution < -0.4 is 28.4 Å². The first-order valence-electron chi connectivity index (χ1n) is 38.2. The number of fused-ring (bicyclic) bond motifs is 3. The standard InChI is InChI=1S/C34H32O6.2C33H29FO6/c1-19(2)32(35)38-29-14-11-23-8-9-25(17-28(23)29)24-10-13-27(22(7)16-24)26-12-15-30(39-33(36)20(3)4)31(18-26)40-34(37)21(5)6;1-18(2)31(35)38-28-13-10-21-7-8-24(15-26(21)28)25-12-9-22(16-27(25)34)23-11-14-29(39-32(36)19(3)4)30(17-23)40-33(37)20(5)6;1-18(2)31(35)38-28-13-10-21-7-8-22(15-26(21)28)23-9-12-25(27(34)16-23)24-11-14-29(39-32(36)19(3)4)30(17-24)40-33(37)20(5)6/h8-10,12-13,15-18,29H,1,3,5,11,14H2,2,4,6-7H3;2*7-9,11-12,14-17,28H,1,3,5,10,13H2,2,4,6H3. The number of rotatable bonds is 24. The average Bonchev–Trinajstić information content (AvgIpc) is 1.40. The van der Waals surface area contributed by atoms with Crippen molar-refractivity contribution < 1.29 is 94.6 Å². The smallest absolute Gasteiger partial charge is 0.338 e. The molecule has 0 fully saturated rings. The van der Waals surface area contributed by atoms with Crippen molar-refractivity contribution in [2.45, 2.75) is 126 Å². The Hall–Kier alpha value is -14.3. The van der Waals surface area contributed by atoms with E-state index < -0.39 is 65.5 Å². The van der Waals surface area contributed by atoms with Gasteiger partial charge in [-0.25, -0.2) is 51.9 Å². The number of esters is 9. The zero-order chi connectivity index (χ0) is 87.4. The van der Waals surface area contributed by atoms with Crippen molar-refractivity contribution in [3.63, 3.8) is 0 Å². The van der Waals surface area contributed by atoms with E-state index in [1.54, 1.807) is 82.3 Å². The van der Waals surface area contributed by atoms with Crippen LogP contribution in [0.2, 0.25) is 0 Å². The highest BCUT2D eigenvalue weighted by atomic mass is 19.1. The zero-order valence-corrected chi connectivity index (χ0v) is 68.5. The first-order valence-corrected chi connectivity index (χ1v) is 38.2. The lowest BCUT2D eigenvalue weighted by atomic mass is 9.94. The Balaban J connectivity index is 0.000000189. The molecule has 9 aromatic rings. The molecule has 18 nitrogen and oxygen atoms in total. The second-order valence-electron chi connectivity index (χ2n) is 29.8. The third-order valence-corrected chi connectivity index (χ3v) is 19.5.